The van der Waals surface area contributed by atoms with Gasteiger partial charge in [-0.05, 0) is 17.7 Å². The Morgan fingerprint density at radius 1 is 1.58 bits per heavy atom. The standard InChI is InChI=1S/C7H5Cl2NO2/c8-6(11)4-1-2-5(7(9)12)10-3-4/h1-3,6,11H. The van der Waals surface area contributed by atoms with Gasteiger partial charge in [-0.25, -0.2) is 0 Å². The Morgan fingerprint density at radius 3 is 2.58 bits per heavy atom. The number of hydrogen-bond donors (Lipinski definition) is 1. The summed E-state index contributed by atoms with van der Waals surface area (Å²) in [6.45, 7) is 0. The molecule has 1 unspecified atom stereocenters. The first-order valence-electron chi connectivity index (χ1n) is 3.09. The fourth-order valence-electron chi connectivity index (χ4n) is 0.662. The minimum absolute atomic E-state index is 0.137. The van der Waals surface area contributed by atoms with E-state index in [-0.39, 0.29) is 5.69 Å². The average Bonchev–Trinajstić information content (AvgIpc) is 2.04. The van der Waals surface area contributed by atoms with Gasteiger partial charge < -0.3 is 5.11 Å². The normalized spacial score (nSPS) is 12.6. The molecule has 1 aromatic rings. The summed E-state index contributed by atoms with van der Waals surface area (Å²) in [7, 11) is 0. The van der Waals surface area contributed by atoms with Crippen molar-refractivity contribution in [2.45, 2.75) is 5.56 Å². The summed E-state index contributed by atoms with van der Waals surface area (Å²) < 4.78 is 0. The molecule has 1 rings (SSSR count). The first kappa shape index (κ1) is 9.45. The Balaban J connectivity index is 2.93. The zero-order valence-corrected chi connectivity index (χ0v) is 7.38. The Labute approximate surface area is 78.9 Å². The molecule has 3 nitrogen and oxygen atoms in total. The van der Waals surface area contributed by atoms with Crippen LogP contribution in [0.4, 0.5) is 0 Å². The van der Waals surface area contributed by atoms with Crippen LogP contribution in [0.1, 0.15) is 21.6 Å². The number of halogens is 2. The fraction of sp³-hybridized carbons (Fsp3) is 0.143. The second kappa shape index (κ2) is 3.85. The van der Waals surface area contributed by atoms with Crippen molar-refractivity contribution in [3.63, 3.8) is 0 Å². The molecule has 64 valence electrons. The van der Waals surface area contributed by atoms with Crippen molar-refractivity contribution < 1.29 is 9.90 Å². The Kier molecular flexibility index (Phi) is 3.03. The smallest absolute Gasteiger partial charge is 0.270 e. The van der Waals surface area contributed by atoms with E-state index in [1.54, 1.807) is 0 Å². The number of rotatable bonds is 2. The van der Waals surface area contributed by atoms with Crippen molar-refractivity contribution in [3.05, 3.63) is 29.6 Å². The highest BCUT2D eigenvalue weighted by Gasteiger charge is 2.06. The molecule has 0 saturated heterocycles. The molecule has 5 heteroatoms. The fourth-order valence-corrected chi connectivity index (χ4v) is 0.903. The van der Waals surface area contributed by atoms with Gasteiger partial charge in [0, 0.05) is 11.8 Å². The molecule has 0 spiro atoms. The minimum atomic E-state index is -1.10. The monoisotopic (exact) mass is 205 g/mol. The Bertz CT molecular complexity index is 284. The van der Waals surface area contributed by atoms with E-state index < -0.39 is 10.8 Å². The maximum absolute atomic E-state index is 10.5. The molecule has 1 aromatic heterocycles. The zero-order valence-electron chi connectivity index (χ0n) is 5.87. The molecule has 0 bridgehead atoms. The molecule has 0 aliphatic heterocycles. The van der Waals surface area contributed by atoms with Gasteiger partial charge in [-0.1, -0.05) is 17.7 Å². The summed E-state index contributed by atoms with van der Waals surface area (Å²) in [5.74, 6) is 0. The van der Waals surface area contributed by atoms with Crippen LogP contribution in [0.15, 0.2) is 18.3 Å². The van der Waals surface area contributed by atoms with Crippen molar-refractivity contribution in [3.8, 4) is 0 Å². The molecule has 1 N–H and O–H groups in total. The summed E-state index contributed by atoms with van der Waals surface area (Å²) in [5.41, 5.74) is -0.534. The summed E-state index contributed by atoms with van der Waals surface area (Å²) >= 11 is 10.5. The number of aliphatic hydroxyl groups is 1. The van der Waals surface area contributed by atoms with Crippen molar-refractivity contribution >= 4 is 28.4 Å². The molecule has 0 saturated carbocycles. The van der Waals surface area contributed by atoms with Crippen LogP contribution in [-0.2, 0) is 0 Å². The highest BCUT2D eigenvalue weighted by Crippen LogP contribution is 2.15. The molecular weight excluding hydrogens is 201 g/mol. The second-order valence-electron chi connectivity index (χ2n) is 2.09. The van der Waals surface area contributed by atoms with Crippen molar-refractivity contribution in [1.82, 2.24) is 4.98 Å². The van der Waals surface area contributed by atoms with Crippen molar-refractivity contribution in [2.24, 2.45) is 0 Å². The minimum Gasteiger partial charge on any atom is -0.373 e. The van der Waals surface area contributed by atoms with E-state index in [1.165, 1.54) is 18.3 Å². The Morgan fingerprint density at radius 2 is 2.25 bits per heavy atom. The molecule has 1 atom stereocenters. The largest absolute Gasteiger partial charge is 0.373 e. The van der Waals surface area contributed by atoms with Gasteiger partial charge in [-0.3, -0.25) is 9.78 Å². The van der Waals surface area contributed by atoms with E-state index in [4.69, 9.17) is 28.3 Å². The van der Waals surface area contributed by atoms with Crippen LogP contribution in [0.25, 0.3) is 0 Å². The van der Waals surface area contributed by atoms with E-state index in [2.05, 4.69) is 4.98 Å². The quantitative estimate of drug-likeness (QED) is 0.591. The summed E-state index contributed by atoms with van der Waals surface area (Å²) in [6, 6.07) is 2.89. The van der Waals surface area contributed by atoms with Gasteiger partial charge in [0.2, 0.25) is 0 Å². The summed E-state index contributed by atoms with van der Waals surface area (Å²) in [5, 5.41) is 8.23. The van der Waals surface area contributed by atoms with Gasteiger partial charge >= 0.3 is 0 Å². The van der Waals surface area contributed by atoms with Gasteiger partial charge in [-0.15, -0.1) is 0 Å². The van der Waals surface area contributed by atoms with Crippen molar-refractivity contribution in [1.29, 1.82) is 0 Å². The van der Waals surface area contributed by atoms with E-state index >= 15 is 0 Å². The molecule has 1 heterocycles. The van der Waals surface area contributed by atoms with Gasteiger partial charge in [-0.2, -0.15) is 0 Å². The molecule has 0 aliphatic carbocycles. The Hall–Kier alpha value is -0.640. The topological polar surface area (TPSA) is 50.2 Å². The molecule has 0 fully saturated rings. The number of aliphatic hydroxyl groups excluding tert-OH is 1. The number of carbonyl (C=O) groups excluding carboxylic acids is 1. The number of nitrogens with zero attached hydrogens (tertiary/aromatic N) is 1. The zero-order chi connectivity index (χ0) is 9.14. The van der Waals surface area contributed by atoms with Gasteiger partial charge in [0.25, 0.3) is 5.24 Å². The molecule has 12 heavy (non-hydrogen) atoms. The highest BCUT2D eigenvalue weighted by molar-refractivity contribution is 6.67. The predicted octanol–water partition coefficient (Wildman–Crippen LogP) is 1.69. The maximum atomic E-state index is 10.5. The molecule has 0 radical (unpaired) electrons. The third kappa shape index (κ3) is 2.17. The van der Waals surface area contributed by atoms with E-state index in [1.807, 2.05) is 0 Å². The maximum Gasteiger partial charge on any atom is 0.270 e. The van der Waals surface area contributed by atoms with Gasteiger partial charge in [0.1, 0.15) is 5.69 Å². The van der Waals surface area contributed by atoms with E-state index in [0.29, 0.717) is 5.56 Å². The number of alkyl halides is 1. The number of hydrogen-bond acceptors (Lipinski definition) is 3. The molecule has 0 aliphatic rings. The summed E-state index contributed by atoms with van der Waals surface area (Å²) in [6.07, 6.45) is 1.30. The van der Waals surface area contributed by atoms with Crippen molar-refractivity contribution in [2.75, 3.05) is 0 Å². The number of pyridine rings is 1. The van der Waals surface area contributed by atoms with Crippen LogP contribution in [0.3, 0.4) is 0 Å². The average molecular weight is 206 g/mol. The second-order valence-corrected chi connectivity index (χ2v) is 2.84. The van der Waals surface area contributed by atoms with Crippen LogP contribution in [0.2, 0.25) is 0 Å². The van der Waals surface area contributed by atoms with Crippen LogP contribution < -0.4 is 0 Å². The first-order valence-corrected chi connectivity index (χ1v) is 3.90. The van der Waals surface area contributed by atoms with Crippen LogP contribution in [-0.4, -0.2) is 15.3 Å². The number of aromatic nitrogens is 1. The lowest BCUT2D eigenvalue weighted by Crippen LogP contribution is -1.96. The lowest BCUT2D eigenvalue weighted by molar-refractivity contribution is 0.107. The highest BCUT2D eigenvalue weighted by atomic mass is 35.5. The third-order valence-corrected chi connectivity index (χ3v) is 1.71. The molecule has 0 aromatic carbocycles. The SMILES string of the molecule is O=C(Cl)c1ccc(C(O)Cl)cn1. The lowest BCUT2D eigenvalue weighted by atomic mass is 10.3. The van der Waals surface area contributed by atoms with E-state index in [9.17, 15) is 4.79 Å². The van der Waals surface area contributed by atoms with Gasteiger partial charge in [0.15, 0.2) is 5.56 Å². The molecule has 0 amide bonds. The third-order valence-electron chi connectivity index (χ3n) is 1.26. The van der Waals surface area contributed by atoms with Crippen LogP contribution >= 0.6 is 23.2 Å². The first-order chi connectivity index (χ1) is 5.61. The van der Waals surface area contributed by atoms with Gasteiger partial charge in [0.05, 0.1) is 0 Å². The van der Waals surface area contributed by atoms with Crippen LogP contribution in [0, 0.1) is 0 Å². The summed E-state index contributed by atoms with van der Waals surface area (Å²) in [4.78, 5) is 14.2. The predicted molar refractivity (Wildman–Crippen MR) is 45.2 cm³/mol. The molecular formula is C7H5Cl2NO2. The number of carbonyl (C=O) groups is 1. The van der Waals surface area contributed by atoms with Crippen LogP contribution in [0.5, 0.6) is 0 Å². The van der Waals surface area contributed by atoms with E-state index in [0.717, 1.165) is 0 Å². The lowest BCUT2D eigenvalue weighted by Gasteiger charge is -2.00.